The van der Waals surface area contributed by atoms with Crippen molar-refractivity contribution in [1.82, 2.24) is 0 Å². The summed E-state index contributed by atoms with van der Waals surface area (Å²) >= 11 is 0. The molecule has 2 aromatic carbocycles. The molecule has 0 aliphatic carbocycles. The van der Waals surface area contributed by atoms with E-state index in [4.69, 9.17) is 4.74 Å². The molecular weight excluding hydrogens is 338 g/mol. The van der Waals surface area contributed by atoms with Crippen LogP contribution in [-0.4, -0.2) is 19.0 Å². The number of nitrogens with zero attached hydrogens (tertiary/aromatic N) is 1. The van der Waals surface area contributed by atoms with Gasteiger partial charge in [-0.25, -0.2) is 4.79 Å². The van der Waals surface area contributed by atoms with Crippen LogP contribution in [0.15, 0.2) is 65.4 Å². The lowest BCUT2D eigenvalue weighted by Gasteiger charge is -2.18. The highest BCUT2D eigenvalue weighted by atomic mass is 16.5. The Bertz CT molecular complexity index is 935. The molecule has 2 aromatic rings. The number of hydrogen-bond acceptors (Lipinski definition) is 3. The summed E-state index contributed by atoms with van der Waals surface area (Å²) in [6.45, 7) is 5.85. The molecular formula is C23H23NO3. The summed E-state index contributed by atoms with van der Waals surface area (Å²) in [7, 11) is 1.33. The Labute approximate surface area is 159 Å². The number of hydrogen-bond donors (Lipinski definition) is 0. The van der Waals surface area contributed by atoms with Gasteiger partial charge in [0.2, 0.25) is 0 Å². The number of amides is 1. The van der Waals surface area contributed by atoms with Gasteiger partial charge < -0.3 is 4.74 Å². The topological polar surface area (TPSA) is 46.6 Å². The van der Waals surface area contributed by atoms with Gasteiger partial charge in [-0.15, -0.1) is 0 Å². The van der Waals surface area contributed by atoms with Gasteiger partial charge in [0.15, 0.2) is 0 Å². The number of esters is 1. The van der Waals surface area contributed by atoms with Crippen molar-refractivity contribution < 1.29 is 14.3 Å². The summed E-state index contributed by atoms with van der Waals surface area (Å²) in [6.07, 6.45) is 2.70. The Morgan fingerprint density at radius 2 is 1.67 bits per heavy atom. The Morgan fingerprint density at radius 3 is 2.22 bits per heavy atom. The average Bonchev–Trinajstić information content (AvgIpc) is 2.92. The van der Waals surface area contributed by atoms with Gasteiger partial charge in [-0.3, -0.25) is 9.69 Å². The first-order chi connectivity index (χ1) is 13.0. The summed E-state index contributed by atoms with van der Waals surface area (Å²) in [5.74, 6) is -0.733. The van der Waals surface area contributed by atoms with Crippen molar-refractivity contribution in [2.45, 2.75) is 27.2 Å². The van der Waals surface area contributed by atoms with Crippen LogP contribution < -0.4 is 4.90 Å². The molecule has 0 aromatic heterocycles. The van der Waals surface area contributed by atoms with Gasteiger partial charge in [-0.05, 0) is 49.6 Å². The maximum absolute atomic E-state index is 13.2. The second kappa shape index (κ2) is 7.62. The monoisotopic (exact) mass is 361 g/mol. The van der Waals surface area contributed by atoms with Crippen molar-refractivity contribution in [3.63, 3.8) is 0 Å². The molecule has 0 fully saturated rings. The van der Waals surface area contributed by atoms with Gasteiger partial charge in [0.1, 0.15) is 0 Å². The molecule has 0 bridgehead atoms. The van der Waals surface area contributed by atoms with Crippen LogP contribution in [0.25, 0.3) is 6.08 Å². The van der Waals surface area contributed by atoms with Crippen molar-refractivity contribution in [3.05, 3.63) is 82.1 Å². The molecule has 138 valence electrons. The molecule has 4 nitrogen and oxygen atoms in total. The lowest BCUT2D eigenvalue weighted by Crippen LogP contribution is -2.24. The van der Waals surface area contributed by atoms with Gasteiger partial charge in [0, 0.05) is 11.4 Å². The van der Waals surface area contributed by atoms with Crippen LogP contribution >= 0.6 is 0 Å². The van der Waals surface area contributed by atoms with E-state index in [2.05, 4.69) is 6.92 Å². The van der Waals surface area contributed by atoms with Crippen molar-refractivity contribution in [3.8, 4) is 0 Å². The van der Waals surface area contributed by atoms with Crippen LogP contribution in [-0.2, 0) is 20.7 Å². The van der Waals surface area contributed by atoms with E-state index in [9.17, 15) is 9.59 Å². The minimum atomic E-state index is -0.508. The highest BCUT2D eigenvalue weighted by Crippen LogP contribution is 2.35. The van der Waals surface area contributed by atoms with Crippen LogP contribution in [0, 0.1) is 6.92 Å². The second-order valence-corrected chi connectivity index (χ2v) is 6.58. The lowest BCUT2D eigenvalue weighted by molar-refractivity contribution is -0.136. The number of rotatable bonds is 4. The zero-order chi connectivity index (χ0) is 19.6. The first-order valence-corrected chi connectivity index (χ1v) is 8.97. The van der Waals surface area contributed by atoms with Crippen LogP contribution in [0.1, 0.15) is 30.5 Å². The molecule has 0 radical (unpaired) electrons. The van der Waals surface area contributed by atoms with E-state index in [1.807, 2.05) is 55.5 Å². The predicted molar refractivity (Wildman–Crippen MR) is 107 cm³/mol. The SMILES string of the molecule is CCc1ccc(/C=C2\C(=O)N(c3ccc(C)cc3)C(C)=C2C(=O)OC)cc1. The molecule has 1 aliphatic rings. The summed E-state index contributed by atoms with van der Waals surface area (Å²) < 4.78 is 4.94. The highest BCUT2D eigenvalue weighted by Gasteiger charge is 2.37. The number of allylic oxidation sites excluding steroid dienone is 1. The van der Waals surface area contributed by atoms with Crippen LogP contribution in [0.2, 0.25) is 0 Å². The number of methoxy groups -OCH3 is 1. The number of carbonyl (C=O) groups excluding carboxylic acids is 2. The van der Waals surface area contributed by atoms with Crippen LogP contribution in [0.3, 0.4) is 0 Å². The zero-order valence-corrected chi connectivity index (χ0v) is 16.1. The molecule has 0 unspecified atom stereocenters. The minimum absolute atomic E-state index is 0.226. The average molecular weight is 361 g/mol. The summed E-state index contributed by atoms with van der Waals surface area (Å²) in [5.41, 5.74) is 5.16. The van der Waals surface area contributed by atoms with E-state index in [-0.39, 0.29) is 5.91 Å². The normalized spacial score (nSPS) is 15.6. The molecule has 3 rings (SSSR count). The van der Waals surface area contributed by atoms with Crippen molar-refractivity contribution in [2.75, 3.05) is 12.0 Å². The molecule has 0 N–H and O–H groups in total. The third-order valence-electron chi connectivity index (χ3n) is 4.78. The second-order valence-electron chi connectivity index (χ2n) is 6.58. The largest absolute Gasteiger partial charge is 0.465 e. The van der Waals surface area contributed by atoms with Gasteiger partial charge in [0.05, 0.1) is 18.3 Å². The van der Waals surface area contributed by atoms with Crippen molar-refractivity contribution in [1.29, 1.82) is 0 Å². The number of ether oxygens (including phenoxy) is 1. The van der Waals surface area contributed by atoms with E-state index in [0.717, 1.165) is 23.2 Å². The first-order valence-electron chi connectivity index (χ1n) is 8.97. The fraction of sp³-hybridized carbons (Fsp3) is 0.217. The van der Waals surface area contributed by atoms with Crippen molar-refractivity contribution in [2.24, 2.45) is 0 Å². The van der Waals surface area contributed by atoms with Crippen LogP contribution in [0.5, 0.6) is 0 Å². The van der Waals surface area contributed by atoms with Crippen molar-refractivity contribution >= 4 is 23.6 Å². The van der Waals surface area contributed by atoms with Crippen LogP contribution in [0.4, 0.5) is 5.69 Å². The molecule has 4 heteroatoms. The number of carbonyl (C=O) groups is 2. The molecule has 0 spiro atoms. The van der Waals surface area contributed by atoms with E-state index in [0.29, 0.717) is 16.8 Å². The number of aryl methyl sites for hydroxylation is 2. The maximum Gasteiger partial charge on any atom is 0.340 e. The van der Waals surface area contributed by atoms with Gasteiger partial charge >= 0.3 is 5.97 Å². The Hall–Kier alpha value is -3.14. The molecule has 0 atom stereocenters. The Morgan fingerprint density at radius 1 is 1.04 bits per heavy atom. The van der Waals surface area contributed by atoms with Gasteiger partial charge in [-0.1, -0.05) is 48.9 Å². The number of anilines is 1. The fourth-order valence-electron chi connectivity index (χ4n) is 3.20. The standard InChI is InChI=1S/C23H23NO3/c1-5-17-8-10-18(11-9-17)14-20-21(23(26)27-4)16(3)24(22(20)25)19-12-6-15(2)7-13-19/h6-14H,5H2,1-4H3/b20-14-. The molecule has 27 heavy (non-hydrogen) atoms. The summed E-state index contributed by atoms with van der Waals surface area (Å²) in [4.78, 5) is 27.1. The molecule has 0 saturated carbocycles. The predicted octanol–water partition coefficient (Wildman–Crippen LogP) is 4.43. The smallest absolute Gasteiger partial charge is 0.340 e. The molecule has 1 amide bonds. The van der Waals surface area contributed by atoms with E-state index >= 15 is 0 Å². The Kier molecular flexibility index (Phi) is 5.26. The molecule has 1 aliphatic heterocycles. The van der Waals surface area contributed by atoms with Gasteiger partial charge in [-0.2, -0.15) is 0 Å². The Balaban J connectivity index is 2.09. The summed E-state index contributed by atoms with van der Waals surface area (Å²) in [6, 6.07) is 15.6. The maximum atomic E-state index is 13.2. The fourth-order valence-corrected chi connectivity index (χ4v) is 3.20. The highest BCUT2D eigenvalue weighted by molar-refractivity contribution is 6.23. The quantitative estimate of drug-likeness (QED) is 0.598. The lowest BCUT2D eigenvalue weighted by atomic mass is 10.0. The minimum Gasteiger partial charge on any atom is -0.465 e. The number of benzene rings is 2. The van der Waals surface area contributed by atoms with E-state index in [1.165, 1.54) is 12.7 Å². The first kappa shape index (κ1) is 18.6. The third-order valence-corrected chi connectivity index (χ3v) is 4.78. The molecule has 1 heterocycles. The summed E-state index contributed by atoms with van der Waals surface area (Å²) in [5, 5.41) is 0. The molecule has 0 saturated heterocycles. The zero-order valence-electron chi connectivity index (χ0n) is 16.1. The van der Waals surface area contributed by atoms with E-state index < -0.39 is 5.97 Å². The van der Waals surface area contributed by atoms with Gasteiger partial charge in [0.25, 0.3) is 5.91 Å². The van der Waals surface area contributed by atoms with E-state index in [1.54, 1.807) is 17.9 Å². The third kappa shape index (κ3) is 3.56.